The summed E-state index contributed by atoms with van der Waals surface area (Å²) in [6.45, 7) is 1.61. The number of Topliss-reactive ketones (excluding diaryl/α,β-unsaturated/α-hetero) is 1. The van der Waals surface area contributed by atoms with E-state index >= 15 is 0 Å². The first-order chi connectivity index (χ1) is 15.7. The summed E-state index contributed by atoms with van der Waals surface area (Å²) in [7, 11) is 0. The van der Waals surface area contributed by atoms with Gasteiger partial charge in [-0.25, -0.2) is 18.2 Å². The molecule has 3 heterocycles. The van der Waals surface area contributed by atoms with Crippen LogP contribution in [0.4, 0.5) is 18.3 Å². The van der Waals surface area contributed by atoms with Crippen LogP contribution >= 0.6 is 11.3 Å². The lowest BCUT2D eigenvalue weighted by molar-refractivity contribution is -0.117. The van der Waals surface area contributed by atoms with Crippen LogP contribution in [0.25, 0.3) is 10.2 Å². The molecule has 0 radical (unpaired) electrons. The predicted molar refractivity (Wildman–Crippen MR) is 114 cm³/mol. The van der Waals surface area contributed by atoms with Crippen molar-refractivity contribution in [3.63, 3.8) is 0 Å². The minimum atomic E-state index is -1.46. The van der Waals surface area contributed by atoms with Crippen LogP contribution in [0.1, 0.15) is 27.9 Å². The molecule has 0 saturated heterocycles. The molecule has 10 heteroatoms. The Hall–Kier alpha value is -3.92. The molecule has 1 unspecified atom stereocenters. The van der Waals surface area contributed by atoms with Crippen LogP contribution in [0.15, 0.2) is 64.3 Å². The molecule has 1 aliphatic heterocycles. The van der Waals surface area contributed by atoms with Gasteiger partial charge in [0.2, 0.25) is 5.78 Å². The number of ketones is 1. The number of halogens is 3. The Bertz CT molecular complexity index is 1490. The number of hydrogen-bond donors (Lipinski definition) is 1. The minimum Gasteiger partial charge on any atom is -0.503 e. The zero-order valence-electron chi connectivity index (χ0n) is 16.8. The number of anilines is 1. The number of nitrogens with zero attached hydrogens (tertiary/aromatic N) is 2. The second-order valence-electron chi connectivity index (χ2n) is 7.35. The van der Waals surface area contributed by atoms with Crippen LogP contribution in [0.3, 0.4) is 0 Å². The largest absolute Gasteiger partial charge is 0.503 e. The van der Waals surface area contributed by atoms with Crippen molar-refractivity contribution in [1.82, 2.24) is 4.98 Å². The van der Waals surface area contributed by atoms with E-state index in [1.54, 1.807) is 6.92 Å². The third kappa shape index (κ3) is 3.39. The average Bonchev–Trinajstić information content (AvgIpc) is 3.44. The molecular weight excluding hydrogens is 457 g/mol. The molecule has 0 spiro atoms. The summed E-state index contributed by atoms with van der Waals surface area (Å²) in [5, 5.41) is 10.7. The highest BCUT2D eigenvalue weighted by Gasteiger charge is 2.47. The zero-order chi connectivity index (χ0) is 23.4. The van der Waals surface area contributed by atoms with E-state index in [1.165, 1.54) is 30.3 Å². The molecule has 166 valence electrons. The highest BCUT2D eigenvalue weighted by atomic mass is 32.1. The Morgan fingerprint density at radius 3 is 2.52 bits per heavy atom. The number of aryl methyl sites for hydroxylation is 1. The number of aliphatic hydroxyl groups is 1. The lowest BCUT2D eigenvalue weighted by Crippen LogP contribution is -2.31. The monoisotopic (exact) mass is 470 g/mol. The number of carbonyl (C=O) groups excluding carboxylic acids is 2. The summed E-state index contributed by atoms with van der Waals surface area (Å²) in [4.78, 5) is 31.6. The number of furan rings is 1. The average molecular weight is 470 g/mol. The summed E-state index contributed by atoms with van der Waals surface area (Å²) in [6.07, 6.45) is 0. The number of rotatable bonds is 4. The number of thiazole rings is 1. The number of fused-ring (bicyclic) bond motifs is 1. The smallest absolute Gasteiger partial charge is 0.296 e. The first kappa shape index (κ1) is 21.0. The molecule has 0 saturated carbocycles. The predicted octanol–water partition coefficient (Wildman–Crippen LogP) is 5.40. The van der Waals surface area contributed by atoms with Gasteiger partial charge in [0.05, 0.1) is 15.8 Å². The van der Waals surface area contributed by atoms with E-state index in [-0.39, 0.29) is 16.5 Å². The first-order valence-corrected chi connectivity index (χ1v) is 10.4. The third-order valence-electron chi connectivity index (χ3n) is 5.22. The van der Waals surface area contributed by atoms with Crippen molar-refractivity contribution in [2.45, 2.75) is 13.0 Å². The van der Waals surface area contributed by atoms with Crippen LogP contribution in [-0.4, -0.2) is 21.8 Å². The molecule has 1 amide bonds. The van der Waals surface area contributed by atoms with Gasteiger partial charge < -0.3 is 9.52 Å². The normalized spacial score (nSPS) is 16.3. The Morgan fingerprint density at radius 1 is 1.09 bits per heavy atom. The van der Waals surface area contributed by atoms with Gasteiger partial charge in [0.25, 0.3) is 5.91 Å². The van der Waals surface area contributed by atoms with E-state index in [1.807, 2.05) is 0 Å². The van der Waals surface area contributed by atoms with Crippen molar-refractivity contribution >= 4 is 38.4 Å². The number of aromatic nitrogens is 1. The lowest BCUT2D eigenvalue weighted by atomic mass is 9.95. The quantitative estimate of drug-likeness (QED) is 0.404. The van der Waals surface area contributed by atoms with Crippen LogP contribution in [0.2, 0.25) is 0 Å². The molecule has 1 aliphatic rings. The van der Waals surface area contributed by atoms with Gasteiger partial charge in [0, 0.05) is 11.6 Å². The van der Waals surface area contributed by atoms with Gasteiger partial charge in [-0.3, -0.25) is 14.5 Å². The summed E-state index contributed by atoms with van der Waals surface area (Å²) < 4.78 is 47.9. The highest BCUT2D eigenvalue weighted by Crippen LogP contribution is 2.45. The molecule has 5 rings (SSSR count). The SMILES string of the molecule is Cc1ccc(C(=O)C2=C(O)C(=O)N(c3nc4ccc(F)cc4s3)C2c2ccc(F)cc2F)o1. The Balaban J connectivity index is 1.71. The maximum Gasteiger partial charge on any atom is 0.296 e. The molecule has 2 aromatic carbocycles. The maximum absolute atomic E-state index is 14.9. The van der Waals surface area contributed by atoms with Crippen molar-refractivity contribution in [2.24, 2.45) is 0 Å². The van der Waals surface area contributed by atoms with Crippen LogP contribution in [-0.2, 0) is 4.79 Å². The fourth-order valence-corrected chi connectivity index (χ4v) is 4.75. The molecule has 0 aliphatic carbocycles. The minimum absolute atomic E-state index is 0.000648. The van der Waals surface area contributed by atoms with Gasteiger partial charge in [-0.2, -0.15) is 0 Å². The van der Waals surface area contributed by atoms with E-state index in [0.717, 1.165) is 28.4 Å². The molecule has 0 fully saturated rings. The van der Waals surface area contributed by atoms with Crippen molar-refractivity contribution in [1.29, 1.82) is 0 Å². The van der Waals surface area contributed by atoms with Gasteiger partial charge >= 0.3 is 0 Å². The van der Waals surface area contributed by atoms with Crippen molar-refractivity contribution in [3.8, 4) is 0 Å². The summed E-state index contributed by atoms with van der Waals surface area (Å²) in [6, 6.07) is 7.92. The standard InChI is InChI=1S/C23H13F3N2O4S/c1-10-2-7-16(32-10)20(29)18-19(13-5-3-11(24)8-14(13)26)28(22(31)21(18)30)23-27-15-6-4-12(25)9-17(15)33-23/h2-9,19,30H,1H3. The molecule has 1 atom stereocenters. The van der Waals surface area contributed by atoms with Crippen molar-refractivity contribution in [3.05, 3.63) is 94.4 Å². The number of benzene rings is 2. The Morgan fingerprint density at radius 2 is 1.82 bits per heavy atom. The zero-order valence-corrected chi connectivity index (χ0v) is 17.6. The summed E-state index contributed by atoms with van der Waals surface area (Å²) >= 11 is 0.921. The fraction of sp³-hybridized carbons (Fsp3) is 0.0870. The van der Waals surface area contributed by atoms with Gasteiger partial charge in [0.1, 0.15) is 29.3 Å². The lowest BCUT2D eigenvalue weighted by Gasteiger charge is -2.24. The topological polar surface area (TPSA) is 83.6 Å². The number of hydrogen-bond acceptors (Lipinski definition) is 6. The molecule has 33 heavy (non-hydrogen) atoms. The van der Waals surface area contributed by atoms with E-state index in [2.05, 4.69) is 4.98 Å². The fourth-order valence-electron chi connectivity index (χ4n) is 3.73. The highest BCUT2D eigenvalue weighted by molar-refractivity contribution is 7.22. The molecule has 1 N–H and O–H groups in total. The Kier molecular flexibility index (Phi) is 4.82. The maximum atomic E-state index is 14.9. The molecule has 2 aromatic heterocycles. The van der Waals surface area contributed by atoms with Crippen LogP contribution in [0, 0.1) is 24.4 Å². The molecule has 6 nitrogen and oxygen atoms in total. The number of carbonyl (C=O) groups is 2. The second kappa shape index (κ2) is 7.59. The summed E-state index contributed by atoms with van der Waals surface area (Å²) in [5.41, 5.74) is -0.306. The third-order valence-corrected chi connectivity index (χ3v) is 6.24. The molecular formula is C23H13F3N2O4S. The number of aliphatic hydroxyl groups excluding tert-OH is 1. The van der Waals surface area contributed by atoms with E-state index in [4.69, 9.17) is 4.42 Å². The van der Waals surface area contributed by atoms with Gasteiger partial charge in [0.15, 0.2) is 16.7 Å². The van der Waals surface area contributed by atoms with Gasteiger partial charge in [-0.05, 0) is 43.3 Å². The van der Waals surface area contributed by atoms with Gasteiger partial charge in [-0.15, -0.1) is 0 Å². The summed E-state index contributed by atoms with van der Waals surface area (Å²) in [5.74, 6) is -4.90. The van der Waals surface area contributed by atoms with Gasteiger partial charge in [-0.1, -0.05) is 17.4 Å². The second-order valence-corrected chi connectivity index (χ2v) is 8.36. The van der Waals surface area contributed by atoms with E-state index in [9.17, 15) is 27.9 Å². The molecule has 4 aromatic rings. The van der Waals surface area contributed by atoms with E-state index < -0.39 is 46.5 Å². The van der Waals surface area contributed by atoms with Crippen LogP contribution in [0.5, 0.6) is 0 Å². The first-order valence-electron chi connectivity index (χ1n) is 9.63. The number of amides is 1. The van der Waals surface area contributed by atoms with Crippen LogP contribution < -0.4 is 4.90 Å². The van der Waals surface area contributed by atoms with Crippen molar-refractivity contribution in [2.75, 3.05) is 4.90 Å². The molecule has 0 bridgehead atoms. The van der Waals surface area contributed by atoms with E-state index in [0.29, 0.717) is 22.0 Å². The van der Waals surface area contributed by atoms with Crippen molar-refractivity contribution < 1.29 is 32.3 Å². The Labute approximate surface area is 188 Å².